The monoisotopic (exact) mass is 200 g/mol. The van der Waals surface area contributed by atoms with Crippen LogP contribution in [-0.2, 0) is 0 Å². The Hall–Kier alpha value is 0.500. The van der Waals surface area contributed by atoms with Crippen molar-refractivity contribution in [3.05, 3.63) is 0 Å². The fourth-order valence-corrected chi connectivity index (χ4v) is 1.27. The molecule has 0 aliphatic carbocycles. The van der Waals surface area contributed by atoms with Gasteiger partial charge < -0.3 is 10.2 Å². The van der Waals surface area contributed by atoms with Crippen LogP contribution in [0.2, 0.25) is 0 Å². The van der Waals surface area contributed by atoms with Gasteiger partial charge >= 0.3 is 0 Å². The minimum Gasteiger partial charge on any atom is -0.311 e. The Morgan fingerprint density at radius 2 is 2.09 bits per heavy atom. The largest absolute Gasteiger partial charge is 0.311 e. The van der Waals surface area contributed by atoms with Gasteiger partial charge in [0.25, 0.3) is 0 Å². The van der Waals surface area contributed by atoms with Crippen LogP contribution in [0.1, 0.15) is 13.3 Å². The number of hydrogen-bond acceptors (Lipinski definition) is 2. The Kier molecular flexibility index (Phi) is 9.15. The Morgan fingerprint density at radius 3 is 2.45 bits per heavy atom. The first kappa shape index (κ1) is 14.0. The van der Waals surface area contributed by atoms with Crippen molar-refractivity contribution in [1.82, 2.24) is 10.2 Å². The standard InChI is InChI=1S/C7H16N2.2ClH/c1-3-7-6-9(2)5-4-8-7;;/h7-8H,3-6H2,1-2H3;2*1H/t7-;;/m0../s1. The Morgan fingerprint density at radius 1 is 1.45 bits per heavy atom. The predicted octanol–water partition coefficient (Wildman–Crippen LogP) is 1.14. The molecule has 4 heteroatoms. The van der Waals surface area contributed by atoms with E-state index in [2.05, 4.69) is 24.2 Å². The number of hydrogen-bond donors (Lipinski definition) is 1. The van der Waals surface area contributed by atoms with Gasteiger partial charge in [-0.1, -0.05) is 6.92 Å². The fourth-order valence-electron chi connectivity index (χ4n) is 1.27. The average Bonchev–Trinajstić information content (AvgIpc) is 1.88. The molecule has 0 saturated carbocycles. The summed E-state index contributed by atoms with van der Waals surface area (Å²) in [6.07, 6.45) is 1.25. The molecule has 1 atom stereocenters. The lowest BCUT2D eigenvalue weighted by Gasteiger charge is -2.29. The van der Waals surface area contributed by atoms with Crippen molar-refractivity contribution in [2.75, 3.05) is 26.7 Å². The molecule has 70 valence electrons. The van der Waals surface area contributed by atoms with Crippen molar-refractivity contribution in [1.29, 1.82) is 0 Å². The third-order valence-electron chi connectivity index (χ3n) is 1.95. The summed E-state index contributed by atoms with van der Waals surface area (Å²) in [7, 11) is 2.18. The van der Waals surface area contributed by atoms with Crippen LogP contribution in [-0.4, -0.2) is 37.6 Å². The normalized spacial score (nSPS) is 25.1. The number of piperazine rings is 1. The van der Waals surface area contributed by atoms with Crippen molar-refractivity contribution in [3.63, 3.8) is 0 Å². The quantitative estimate of drug-likeness (QED) is 0.684. The minimum absolute atomic E-state index is 0. The average molecular weight is 201 g/mol. The molecule has 0 aromatic carbocycles. The van der Waals surface area contributed by atoms with Crippen molar-refractivity contribution in [2.45, 2.75) is 19.4 Å². The number of nitrogens with one attached hydrogen (secondary N) is 1. The first-order valence-electron chi connectivity index (χ1n) is 3.75. The second-order valence-corrected chi connectivity index (χ2v) is 2.82. The first-order chi connectivity index (χ1) is 4.33. The highest BCUT2D eigenvalue weighted by Gasteiger charge is 2.12. The minimum atomic E-state index is 0. The smallest absolute Gasteiger partial charge is 0.0192 e. The number of nitrogens with zero attached hydrogens (tertiary/aromatic N) is 1. The van der Waals surface area contributed by atoms with Gasteiger partial charge in [-0.3, -0.25) is 0 Å². The van der Waals surface area contributed by atoms with Gasteiger partial charge in [-0.2, -0.15) is 0 Å². The van der Waals surface area contributed by atoms with E-state index in [0.717, 1.165) is 12.6 Å². The molecule has 0 aromatic rings. The van der Waals surface area contributed by atoms with E-state index in [-0.39, 0.29) is 24.8 Å². The highest BCUT2D eigenvalue weighted by Crippen LogP contribution is 1.98. The van der Waals surface area contributed by atoms with Gasteiger partial charge in [0.2, 0.25) is 0 Å². The fraction of sp³-hybridized carbons (Fsp3) is 1.00. The molecule has 0 spiro atoms. The molecule has 0 amide bonds. The predicted molar refractivity (Wildman–Crippen MR) is 54.1 cm³/mol. The summed E-state index contributed by atoms with van der Waals surface area (Å²) in [6, 6.07) is 0.740. The molecule has 0 radical (unpaired) electrons. The van der Waals surface area contributed by atoms with E-state index in [4.69, 9.17) is 0 Å². The number of likely N-dealkylation sites (N-methyl/N-ethyl adjacent to an activating group) is 1. The van der Waals surface area contributed by atoms with Crippen LogP contribution in [0.4, 0.5) is 0 Å². The molecule has 0 aromatic heterocycles. The van der Waals surface area contributed by atoms with Crippen molar-refractivity contribution in [3.8, 4) is 0 Å². The van der Waals surface area contributed by atoms with Crippen LogP contribution >= 0.6 is 24.8 Å². The van der Waals surface area contributed by atoms with Gasteiger partial charge in [0, 0.05) is 25.7 Å². The topological polar surface area (TPSA) is 15.3 Å². The van der Waals surface area contributed by atoms with Gasteiger partial charge in [0.15, 0.2) is 0 Å². The Bertz CT molecular complexity index is 90.5. The lowest BCUT2D eigenvalue weighted by Crippen LogP contribution is -2.48. The van der Waals surface area contributed by atoms with Crippen molar-refractivity contribution >= 4 is 24.8 Å². The van der Waals surface area contributed by atoms with Crippen LogP contribution in [0.25, 0.3) is 0 Å². The second kappa shape index (κ2) is 7.17. The summed E-state index contributed by atoms with van der Waals surface area (Å²) in [6.45, 7) is 5.82. The Labute approximate surface area is 81.5 Å². The van der Waals surface area contributed by atoms with Crippen LogP contribution in [0, 0.1) is 0 Å². The zero-order valence-corrected chi connectivity index (χ0v) is 8.80. The van der Waals surface area contributed by atoms with Gasteiger partial charge in [0.05, 0.1) is 0 Å². The zero-order valence-electron chi connectivity index (χ0n) is 7.17. The van der Waals surface area contributed by atoms with Crippen LogP contribution in [0.15, 0.2) is 0 Å². The van der Waals surface area contributed by atoms with E-state index < -0.39 is 0 Å². The molecule has 1 aliphatic rings. The second-order valence-electron chi connectivity index (χ2n) is 2.82. The number of halogens is 2. The first-order valence-corrected chi connectivity index (χ1v) is 3.75. The van der Waals surface area contributed by atoms with Crippen LogP contribution < -0.4 is 5.32 Å². The lowest BCUT2D eigenvalue weighted by atomic mass is 10.2. The van der Waals surface area contributed by atoms with Crippen molar-refractivity contribution < 1.29 is 0 Å². The summed E-state index contributed by atoms with van der Waals surface area (Å²) in [4.78, 5) is 2.38. The molecule has 1 N–H and O–H groups in total. The molecule has 1 heterocycles. The lowest BCUT2D eigenvalue weighted by molar-refractivity contribution is 0.235. The van der Waals surface area contributed by atoms with Gasteiger partial charge in [0.1, 0.15) is 0 Å². The SMILES string of the molecule is CC[C@H]1CN(C)CCN1.Cl.Cl. The maximum atomic E-state index is 3.46. The van der Waals surface area contributed by atoms with E-state index in [1.807, 2.05) is 0 Å². The van der Waals surface area contributed by atoms with E-state index in [0.29, 0.717) is 0 Å². The van der Waals surface area contributed by atoms with Crippen LogP contribution in [0.3, 0.4) is 0 Å². The molecule has 0 bridgehead atoms. The van der Waals surface area contributed by atoms with Crippen LogP contribution in [0.5, 0.6) is 0 Å². The molecular formula is C7H18Cl2N2. The molecule has 0 unspecified atom stereocenters. The molecule has 11 heavy (non-hydrogen) atoms. The third kappa shape index (κ3) is 4.86. The molecule has 1 fully saturated rings. The van der Waals surface area contributed by atoms with Gasteiger partial charge in [-0.25, -0.2) is 0 Å². The summed E-state index contributed by atoms with van der Waals surface area (Å²) in [5.41, 5.74) is 0. The molecule has 1 rings (SSSR count). The molecular weight excluding hydrogens is 183 g/mol. The van der Waals surface area contributed by atoms with Gasteiger partial charge in [-0.05, 0) is 13.5 Å². The molecule has 1 aliphatic heterocycles. The molecule has 2 nitrogen and oxygen atoms in total. The van der Waals surface area contributed by atoms with Crippen molar-refractivity contribution in [2.24, 2.45) is 0 Å². The Balaban J connectivity index is 0. The summed E-state index contributed by atoms with van der Waals surface area (Å²) >= 11 is 0. The maximum absolute atomic E-state index is 3.46. The summed E-state index contributed by atoms with van der Waals surface area (Å²) < 4.78 is 0. The van der Waals surface area contributed by atoms with E-state index in [1.165, 1.54) is 19.5 Å². The van der Waals surface area contributed by atoms with E-state index in [9.17, 15) is 0 Å². The third-order valence-corrected chi connectivity index (χ3v) is 1.95. The van der Waals surface area contributed by atoms with E-state index >= 15 is 0 Å². The highest BCUT2D eigenvalue weighted by molar-refractivity contribution is 5.85. The maximum Gasteiger partial charge on any atom is 0.0192 e. The zero-order chi connectivity index (χ0) is 6.69. The summed E-state index contributed by atoms with van der Waals surface area (Å²) in [5, 5.41) is 3.46. The summed E-state index contributed by atoms with van der Waals surface area (Å²) in [5.74, 6) is 0. The highest BCUT2D eigenvalue weighted by atomic mass is 35.5. The molecule has 1 saturated heterocycles. The van der Waals surface area contributed by atoms with E-state index in [1.54, 1.807) is 0 Å². The van der Waals surface area contributed by atoms with Gasteiger partial charge in [-0.15, -0.1) is 24.8 Å². The number of rotatable bonds is 1.